The molecular weight excluding hydrogens is 231 g/mol. The standard InChI is InChI=1S/C14H17FN2O/c1-9-8-17(2)14-11(9)5-10(6-12(14)15)13-7-16-3-4-18-13/h5-6,8,13,16H,3-4,7H2,1-2H3. The molecule has 0 amide bonds. The molecule has 1 aliphatic rings. The predicted molar refractivity (Wildman–Crippen MR) is 69.2 cm³/mol. The molecule has 4 heteroatoms. The molecule has 1 aliphatic heterocycles. The summed E-state index contributed by atoms with van der Waals surface area (Å²) in [5.74, 6) is -0.174. The van der Waals surface area contributed by atoms with Gasteiger partial charge in [0, 0.05) is 31.7 Å². The summed E-state index contributed by atoms with van der Waals surface area (Å²) in [6.07, 6.45) is 1.91. The normalized spacial score (nSPS) is 20.5. The molecular formula is C14H17FN2O. The van der Waals surface area contributed by atoms with Gasteiger partial charge >= 0.3 is 0 Å². The van der Waals surface area contributed by atoms with Crippen molar-refractivity contribution in [1.29, 1.82) is 0 Å². The van der Waals surface area contributed by atoms with E-state index in [9.17, 15) is 4.39 Å². The first-order chi connectivity index (χ1) is 8.66. The molecule has 3 rings (SSSR count). The van der Waals surface area contributed by atoms with Gasteiger partial charge in [-0.15, -0.1) is 0 Å². The number of hydrogen-bond acceptors (Lipinski definition) is 2. The lowest BCUT2D eigenvalue weighted by Crippen LogP contribution is -2.33. The highest BCUT2D eigenvalue weighted by Crippen LogP contribution is 2.28. The predicted octanol–water partition coefficient (Wildman–Crippen LogP) is 2.29. The number of rotatable bonds is 1. The molecule has 3 nitrogen and oxygen atoms in total. The molecule has 2 heterocycles. The Morgan fingerprint density at radius 3 is 3.00 bits per heavy atom. The van der Waals surface area contributed by atoms with E-state index in [0.717, 1.165) is 29.6 Å². The second kappa shape index (κ2) is 4.37. The maximum absolute atomic E-state index is 14.2. The van der Waals surface area contributed by atoms with Crippen molar-refractivity contribution in [3.63, 3.8) is 0 Å². The van der Waals surface area contributed by atoms with Crippen molar-refractivity contribution in [3.8, 4) is 0 Å². The monoisotopic (exact) mass is 248 g/mol. The van der Waals surface area contributed by atoms with Crippen LogP contribution in [0.5, 0.6) is 0 Å². The fourth-order valence-corrected chi connectivity index (χ4v) is 2.67. The van der Waals surface area contributed by atoms with Gasteiger partial charge < -0.3 is 14.6 Å². The first kappa shape index (κ1) is 11.7. The average molecular weight is 248 g/mol. The minimum Gasteiger partial charge on any atom is -0.371 e. The molecule has 1 saturated heterocycles. The Hall–Kier alpha value is -1.39. The lowest BCUT2D eigenvalue weighted by molar-refractivity contribution is 0.0276. The van der Waals surface area contributed by atoms with Gasteiger partial charge in [-0.2, -0.15) is 0 Å². The molecule has 96 valence electrons. The van der Waals surface area contributed by atoms with Crippen molar-refractivity contribution in [2.45, 2.75) is 13.0 Å². The molecule has 2 aromatic rings. The van der Waals surface area contributed by atoms with Gasteiger partial charge in [-0.3, -0.25) is 0 Å². The van der Waals surface area contributed by atoms with Gasteiger partial charge in [-0.05, 0) is 30.2 Å². The smallest absolute Gasteiger partial charge is 0.147 e. The Labute approximate surface area is 106 Å². The molecule has 0 saturated carbocycles. The van der Waals surface area contributed by atoms with Gasteiger partial charge in [0.2, 0.25) is 0 Å². The van der Waals surface area contributed by atoms with Gasteiger partial charge in [0.15, 0.2) is 0 Å². The van der Waals surface area contributed by atoms with Crippen LogP contribution in [0.15, 0.2) is 18.3 Å². The van der Waals surface area contributed by atoms with Gasteiger partial charge in [0.1, 0.15) is 5.82 Å². The van der Waals surface area contributed by atoms with Gasteiger partial charge in [-0.1, -0.05) is 0 Å². The fraction of sp³-hybridized carbons (Fsp3) is 0.429. The van der Waals surface area contributed by atoms with Crippen molar-refractivity contribution in [2.75, 3.05) is 19.7 Å². The highest BCUT2D eigenvalue weighted by molar-refractivity contribution is 5.85. The van der Waals surface area contributed by atoms with Crippen LogP contribution in [0, 0.1) is 12.7 Å². The Kier molecular flexibility index (Phi) is 2.84. The molecule has 0 bridgehead atoms. The van der Waals surface area contributed by atoms with Crippen LogP contribution >= 0.6 is 0 Å². The third-order valence-corrected chi connectivity index (χ3v) is 3.55. The first-order valence-electron chi connectivity index (χ1n) is 6.24. The van der Waals surface area contributed by atoms with Crippen LogP contribution in [-0.2, 0) is 11.8 Å². The van der Waals surface area contributed by atoms with Crippen LogP contribution in [0.25, 0.3) is 10.9 Å². The van der Waals surface area contributed by atoms with Crippen molar-refractivity contribution in [1.82, 2.24) is 9.88 Å². The molecule has 1 atom stereocenters. The number of nitrogens with one attached hydrogen (secondary N) is 1. The third kappa shape index (κ3) is 1.82. The van der Waals surface area contributed by atoms with E-state index >= 15 is 0 Å². The summed E-state index contributed by atoms with van der Waals surface area (Å²) in [6, 6.07) is 3.64. The number of nitrogens with zero attached hydrogens (tertiary/aromatic N) is 1. The minimum absolute atomic E-state index is 0.0442. The molecule has 1 fully saturated rings. The van der Waals surface area contributed by atoms with E-state index in [0.29, 0.717) is 12.1 Å². The number of benzene rings is 1. The molecule has 1 unspecified atom stereocenters. The summed E-state index contributed by atoms with van der Waals surface area (Å²) < 4.78 is 21.7. The van der Waals surface area contributed by atoms with Gasteiger partial charge in [-0.25, -0.2) is 4.39 Å². The number of morpholine rings is 1. The highest BCUT2D eigenvalue weighted by Gasteiger charge is 2.19. The quantitative estimate of drug-likeness (QED) is 0.838. The van der Waals surface area contributed by atoms with Crippen LogP contribution in [0.3, 0.4) is 0 Å². The van der Waals surface area contributed by atoms with E-state index in [1.807, 2.05) is 30.8 Å². The summed E-state index contributed by atoms with van der Waals surface area (Å²) in [5.41, 5.74) is 2.68. The molecule has 1 aromatic carbocycles. The number of aromatic nitrogens is 1. The van der Waals surface area contributed by atoms with Crippen molar-refractivity contribution < 1.29 is 9.13 Å². The van der Waals surface area contributed by atoms with E-state index < -0.39 is 0 Å². The minimum atomic E-state index is -0.174. The number of aryl methyl sites for hydroxylation is 2. The summed E-state index contributed by atoms with van der Waals surface area (Å²) in [5, 5.41) is 4.24. The second-order valence-corrected chi connectivity index (χ2v) is 4.89. The number of fused-ring (bicyclic) bond motifs is 1. The SMILES string of the molecule is Cc1cn(C)c2c(F)cc(C3CNCCO3)cc12. The zero-order chi connectivity index (χ0) is 12.7. The van der Waals surface area contributed by atoms with E-state index in [1.165, 1.54) is 0 Å². The van der Waals surface area contributed by atoms with E-state index in [2.05, 4.69) is 5.32 Å². The number of hydrogen-bond donors (Lipinski definition) is 1. The van der Waals surface area contributed by atoms with Crippen LogP contribution in [0.2, 0.25) is 0 Å². The maximum Gasteiger partial charge on any atom is 0.147 e. The Bertz CT molecular complexity index is 585. The first-order valence-corrected chi connectivity index (χ1v) is 6.24. The lowest BCUT2D eigenvalue weighted by Gasteiger charge is -2.24. The molecule has 18 heavy (non-hydrogen) atoms. The second-order valence-electron chi connectivity index (χ2n) is 4.89. The molecule has 0 spiro atoms. The van der Waals surface area contributed by atoms with E-state index in [4.69, 9.17) is 4.74 Å². The fourth-order valence-electron chi connectivity index (χ4n) is 2.67. The van der Waals surface area contributed by atoms with Gasteiger partial charge in [0.25, 0.3) is 0 Å². The Balaban J connectivity index is 2.11. The van der Waals surface area contributed by atoms with Crippen LogP contribution in [0.4, 0.5) is 4.39 Å². The number of ether oxygens (including phenoxy) is 1. The zero-order valence-corrected chi connectivity index (χ0v) is 10.7. The molecule has 0 aliphatic carbocycles. The van der Waals surface area contributed by atoms with Crippen LogP contribution < -0.4 is 5.32 Å². The Morgan fingerprint density at radius 2 is 2.28 bits per heavy atom. The molecule has 0 radical (unpaired) electrons. The van der Waals surface area contributed by atoms with Crippen molar-refractivity contribution >= 4 is 10.9 Å². The zero-order valence-electron chi connectivity index (χ0n) is 10.7. The van der Waals surface area contributed by atoms with Gasteiger partial charge in [0.05, 0.1) is 18.2 Å². The largest absolute Gasteiger partial charge is 0.371 e. The van der Waals surface area contributed by atoms with E-state index in [1.54, 1.807) is 6.07 Å². The summed E-state index contributed by atoms with van der Waals surface area (Å²) >= 11 is 0. The average Bonchev–Trinajstić information content (AvgIpc) is 2.66. The highest BCUT2D eigenvalue weighted by atomic mass is 19.1. The van der Waals surface area contributed by atoms with Crippen molar-refractivity contribution in [2.24, 2.45) is 7.05 Å². The lowest BCUT2D eigenvalue weighted by atomic mass is 10.0. The summed E-state index contributed by atoms with van der Waals surface area (Å²) in [7, 11) is 1.87. The number of halogens is 1. The summed E-state index contributed by atoms with van der Waals surface area (Å²) in [4.78, 5) is 0. The molecule has 1 N–H and O–H groups in total. The van der Waals surface area contributed by atoms with Crippen molar-refractivity contribution in [3.05, 3.63) is 35.3 Å². The molecule has 1 aromatic heterocycles. The topological polar surface area (TPSA) is 26.2 Å². The van der Waals surface area contributed by atoms with Crippen LogP contribution in [0.1, 0.15) is 17.2 Å². The van der Waals surface area contributed by atoms with E-state index in [-0.39, 0.29) is 11.9 Å². The maximum atomic E-state index is 14.2. The van der Waals surface area contributed by atoms with Crippen LogP contribution in [-0.4, -0.2) is 24.3 Å². The Morgan fingerprint density at radius 1 is 1.44 bits per heavy atom. The summed E-state index contributed by atoms with van der Waals surface area (Å²) in [6.45, 7) is 4.30. The third-order valence-electron chi connectivity index (χ3n) is 3.55.